The van der Waals surface area contributed by atoms with Crippen LogP contribution in [0.1, 0.15) is 39.6 Å². The molecule has 5 rings (SSSR count). The van der Waals surface area contributed by atoms with Crippen molar-refractivity contribution in [1.82, 2.24) is 19.7 Å². The minimum Gasteiger partial charge on any atom is -0.322 e. The summed E-state index contributed by atoms with van der Waals surface area (Å²) in [5, 5.41) is 12.3. The molecule has 1 amide bonds. The first kappa shape index (κ1) is 21.1. The molecule has 2 aromatic heterocycles. The third kappa shape index (κ3) is 4.85. The number of thioether (sulfide) groups is 1. The Bertz CT molecular complexity index is 1270. The molecule has 0 bridgehead atoms. The third-order valence-electron chi connectivity index (χ3n) is 5.33. The molecule has 1 fully saturated rings. The largest absolute Gasteiger partial charge is 0.322 e. The number of hydrogen-bond acceptors (Lipinski definition) is 6. The van der Waals surface area contributed by atoms with Crippen molar-refractivity contribution >= 4 is 29.1 Å². The van der Waals surface area contributed by atoms with Crippen LogP contribution in [0.5, 0.6) is 0 Å². The van der Waals surface area contributed by atoms with Crippen molar-refractivity contribution in [3.63, 3.8) is 0 Å². The summed E-state index contributed by atoms with van der Waals surface area (Å²) >= 11 is 1.40. The van der Waals surface area contributed by atoms with E-state index in [9.17, 15) is 9.59 Å². The molecule has 0 saturated heterocycles. The van der Waals surface area contributed by atoms with Crippen molar-refractivity contribution in [3.8, 4) is 11.4 Å². The molecule has 1 saturated carbocycles. The maximum atomic E-state index is 12.8. The Kier molecular flexibility index (Phi) is 5.99. The lowest BCUT2D eigenvalue weighted by molar-refractivity contribution is 0.101. The molecule has 164 valence electrons. The maximum Gasteiger partial charge on any atom is 0.255 e. The monoisotopic (exact) mass is 455 g/mol. The summed E-state index contributed by atoms with van der Waals surface area (Å²) in [6.07, 6.45) is 5.68. The first-order valence-corrected chi connectivity index (χ1v) is 11.7. The average Bonchev–Trinajstić information content (AvgIpc) is 3.62. The van der Waals surface area contributed by atoms with Gasteiger partial charge in [-0.15, -0.1) is 10.2 Å². The minimum absolute atomic E-state index is 0.00536. The number of anilines is 1. The van der Waals surface area contributed by atoms with E-state index in [2.05, 4.69) is 25.1 Å². The van der Waals surface area contributed by atoms with Gasteiger partial charge in [0, 0.05) is 40.8 Å². The van der Waals surface area contributed by atoms with Gasteiger partial charge in [-0.05, 0) is 61.4 Å². The van der Waals surface area contributed by atoms with Crippen LogP contribution in [-0.2, 0) is 0 Å². The van der Waals surface area contributed by atoms with Gasteiger partial charge in [0.15, 0.2) is 16.8 Å². The number of ketones is 1. The summed E-state index contributed by atoms with van der Waals surface area (Å²) in [7, 11) is 0. The number of hydrogen-bond donors (Lipinski definition) is 1. The van der Waals surface area contributed by atoms with Crippen LogP contribution in [0.3, 0.4) is 0 Å². The van der Waals surface area contributed by atoms with Crippen molar-refractivity contribution in [1.29, 1.82) is 0 Å². The Morgan fingerprint density at radius 2 is 1.73 bits per heavy atom. The fourth-order valence-electron chi connectivity index (χ4n) is 3.47. The highest BCUT2D eigenvalue weighted by molar-refractivity contribution is 7.99. The molecule has 0 radical (unpaired) electrons. The number of Topliss-reactive ketones (excluding diaryl/α,β-unsaturated/α-hetero) is 1. The zero-order valence-corrected chi connectivity index (χ0v) is 18.5. The SMILES string of the molecule is O=C(CSc1nnc(-c2cccnc2)n1C1CC1)c1ccc(NC(=O)c2ccccc2)cc1. The van der Waals surface area contributed by atoms with Crippen molar-refractivity contribution < 1.29 is 9.59 Å². The number of carbonyl (C=O) groups is 2. The molecule has 4 aromatic rings. The number of carbonyl (C=O) groups excluding carboxylic acids is 2. The van der Waals surface area contributed by atoms with E-state index in [1.54, 1.807) is 48.8 Å². The lowest BCUT2D eigenvalue weighted by atomic mass is 10.1. The Balaban J connectivity index is 1.24. The van der Waals surface area contributed by atoms with Crippen LogP contribution < -0.4 is 5.32 Å². The van der Waals surface area contributed by atoms with E-state index in [4.69, 9.17) is 0 Å². The second kappa shape index (κ2) is 9.38. The van der Waals surface area contributed by atoms with Crippen LogP contribution >= 0.6 is 11.8 Å². The molecule has 33 heavy (non-hydrogen) atoms. The third-order valence-corrected chi connectivity index (χ3v) is 6.27. The van der Waals surface area contributed by atoms with Gasteiger partial charge < -0.3 is 5.32 Å². The Hall–Kier alpha value is -3.78. The van der Waals surface area contributed by atoms with E-state index < -0.39 is 0 Å². The predicted molar refractivity (Wildman–Crippen MR) is 127 cm³/mol. The number of pyridine rings is 1. The van der Waals surface area contributed by atoms with Gasteiger partial charge in [0.25, 0.3) is 5.91 Å². The second-order valence-corrected chi connectivity index (χ2v) is 8.70. The zero-order valence-electron chi connectivity index (χ0n) is 17.7. The smallest absolute Gasteiger partial charge is 0.255 e. The molecular weight excluding hydrogens is 434 g/mol. The molecule has 2 aromatic carbocycles. The van der Waals surface area contributed by atoms with E-state index in [-0.39, 0.29) is 17.4 Å². The molecule has 0 atom stereocenters. The summed E-state index contributed by atoms with van der Waals surface area (Å²) in [4.78, 5) is 29.2. The van der Waals surface area contributed by atoms with Gasteiger partial charge in [0.05, 0.1) is 5.75 Å². The highest BCUT2D eigenvalue weighted by atomic mass is 32.2. The van der Waals surface area contributed by atoms with Crippen molar-refractivity contribution in [2.45, 2.75) is 24.0 Å². The van der Waals surface area contributed by atoms with Gasteiger partial charge in [0.2, 0.25) is 0 Å². The van der Waals surface area contributed by atoms with Crippen LogP contribution in [0.4, 0.5) is 5.69 Å². The Labute approximate surface area is 195 Å². The fourth-order valence-corrected chi connectivity index (χ4v) is 4.37. The fraction of sp³-hybridized carbons (Fsp3) is 0.160. The lowest BCUT2D eigenvalue weighted by Gasteiger charge is -2.09. The molecular formula is C25H21N5O2S. The van der Waals surface area contributed by atoms with E-state index in [0.29, 0.717) is 22.9 Å². The minimum atomic E-state index is -0.186. The van der Waals surface area contributed by atoms with E-state index in [0.717, 1.165) is 29.4 Å². The van der Waals surface area contributed by atoms with Gasteiger partial charge in [-0.25, -0.2) is 0 Å². The summed E-state index contributed by atoms with van der Waals surface area (Å²) in [6, 6.07) is 20.2. The van der Waals surface area contributed by atoms with E-state index in [1.165, 1.54) is 11.8 Å². The number of amides is 1. The van der Waals surface area contributed by atoms with Gasteiger partial charge in [-0.2, -0.15) is 0 Å². The molecule has 8 heteroatoms. The average molecular weight is 456 g/mol. The first-order chi connectivity index (χ1) is 16.2. The first-order valence-electron chi connectivity index (χ1n) is 10.7. The Morgan fingerprint density at radius 3 is 2.42 bits per heavy atom. The molecule has 1 N–H and O–H groups in total. The Morgan fingerprint density at radius 1 is 0.939 bits per heavy atom. The quantitative estimate of drug-likeness (QED) is 0.300. The van der Waals surface area contributed by atoms with Crippen molar-refractivity contribution in [3.05, 3.63) is 90.3 Å². The topological polar surface area (TPSA) is 89.8 Å². The van der Waals surface area contributed by atoms with Gasteiger partial charge in [-0.1, -0.05) is 30.0 Å². The summed E-state index contributed by atoms with van der Waals surface area (Å²) in [5.74, 6) is 0.857. The molecule has 0 aliphatic heterocycles. The van der Waals surface area contributed by atoms with E-state index >= 15 is 0 Å². The predicted octanol–water partition coefficient (Wildman–Crippen LogP) is 4.90. The van der Waals surface area contributed by atoms with Crippen LogP contribution in [0.25, 0.3) is 11.4 Å². The van der Waals surface area contributed by atoms with Crippen molar-refractivity contribution in [2.24, 2.45) is 0 Å². The van der Waals surface area contributed by atoms with Crippen LogP contribution in [0.2, 0.25) is 0 Å². The highest BCUT2D eigenvalue weighted by Gasteiger charge is 2.30. The molecule has 0 spiro atoms. The second-order valence-electron chi connectivity index (χ2n) is 7.76. The zero-order chi connectivity index (χ0) is 22.6. The molecule has 7 nitrogen and oxygen atoms in total. The van der Waals surface area contributed by atoms with Crippen LogP contribution in [-0.4, -0.2) is 37.2 Å². The lowest BCUT2D eigenvalue weighted by Crippen LogP contribution is -2.12. The van der Waals surface area contributed by atoms with Crippen LogP contribution in [0.15, 0.2) is 84.3 Å². The highest BCUT2D eigenvalue weighted by Crippen LogP contribution is 2.41. The summed E-state index contributed by atoms with van der Waals surface area (Å²) in [6.45, 7) is 0. The van der Waals surface area contributed by atoms with Gasteiger partial charge in [0.1, 0.15) is 0 Å². The van der Waals surface area contributed by atoms with Crippen molar-refractivity contribution in [2.75, 3.05) is 11.1 Å². The molecule has 2 heterocycles. The number of nitrogens with zero attached hydrogens (tertiary/aromatic N) is 4. The van der Waals surface area contributed by atoms with Crippen LogP contribution in [0, 0.1) is 0 Å². The summed E-state index contributed by atoms with van der Waals surface area (Å²) < 4.78 is 2.12. The summed E-state index contributed by atoms with van der Waals surface area (Å²) in [5.41, 5.74) is 2.73. The number of nitrogens with one attached hydrogen (secondary N) is 1. The molecule has 1 aliphatic carbocycles. The normalized spacial score (nSPS) is 13.0. The van der Waals surface area contributed by atoms with Gasteiger partial charge >= 0.3 is 0 Å². The number of aromatic nitrogens is 4. The number of rotatable bonds is 8. The standard InChI is InChI=1S/C25H21N5O2S/c31-22(17-8-10-20(11-9-17)27-24(32)18-5-2-1-3-6-18)16-33-25-29-28-23(30(25)21-12-13-21)19-7-4-14-26-15-19/h1-11,14-15,21H,12-13,16H2,(H,27,32). The number of benzene rings is 2. The molecule has 0 unspecified atom stereocenters. The maximum absolute atomic E-state index is 12.8. The van der Waals surface area contributed by atoms with Gasteiger partial charge in [-0.3, -0.25) is 19.1 Å². The molecule has 1 aliphatic rings. The van der Waals surface area contributed by atoms with E-state index in [1.807, 2.05) is 30.3 Å².